The number of halogens is 2. The van der Waals surface area contributed by atoms with E-state index in [0.717, 1.165) is 0 Å². The molecule has 0 aliphatic rings. The molecule has 0 saturated heterocycles. The van der Waals surface area contributed by atoms with Crippen LogP contribution in [0, 0.1) is 0 Å². The second-order valence-electron chi connectivity index (χ2n) is 4.42. The second-order valence-corrected chi connectivity index (χ2v) is 6.12. The molecule has 0 heterocycles. The summed E-state index contributed by atoms with van der Waals surface area (Å²) in [4.78, 5) is 23.0. The summed E-state index contributed by atoms with van der Waals surface area (Å²) in [6.07, 6.45) is 0. The van der Waals surface area contributed by atoms with Crippen molar-refractivity contribution in [2.75, 3.05) is 5.32 Å². The molecular weight excluding hydrogens is 404 g/mol. The van der Waals surface area contributed by atoms with Gasteiger partial charge < -0.3 is 10.4 Å². The van der Waals surface area contributed by atoms with Gasteiger partial charge in [-0.2, -0.15) is 0 Å². The number of nitrogens with one attached hydrogen (secondary N) is 2. The lowest BCUT2D eigenvalue weighted by Crippen LogP contribution is -2.34. The van der Waals surface area contributed by atoms with E-state index in [-0.39, 0.29) is 10.7 Å². The van der Waals surface area contributed by atoms with Crippen LogP contribution in [0.3, 0.4) is 0 Å². The number of carbonyl (C=O) groups is 2. The third-order valence-electron chi connectivity index (χ3n) is 2.78. The fourth-order valence-corrected chi connectivity index (χ4v) is 2.45. The fourth-order valence-electron chi connectivity index (χ4n) is 1.71. The monoisotopic (exact) mass is 412 g/mol. The first-order valence-corrected chi connectivity index (χ1v) is 7.85. The molecule has 0 bridgehead atoms. The Bertz CT molecular complexity index is 798. The molecule has 2 rings (SSSR count). The highest BCUT2D eigenvalue weighted by atomic mass is 79.9. The molecule has 0 atom stereocenters. The molecule has 0 radical (unpaired) electrons. The van der Waals surface area contributed by atoms with Crippen LogP contribution in [0.15, 0.2) is 46.9 Å². The zero-order valence-corrected chi connectivity index (χ0v) is 14.6. The van der Waals surface area contributed by atoms with Gasteiger partial charge in [-0.1, -0.05) is 17.7 Å². The molecule has 5 nitrogen and oxygen atoms in total. The van der Waals surface area contributed by atoms with Crippen molar-refractivity contribution in [2.24, 2.45) is 0 Å². The average Bonchev–Trinajstić information content (AvgIpc) is 2.49. The smallest absolute Gasteiger partial charge is 0.335 e. The van der Waals surface area contributed by atoms with Gasteiger partial charge in [-0.15, -0.1) is 0 Å². The maximum absolute atomic E-state index is 12.1. The lowest BCUT2D eigenvalue weighted by atomic mass is 10.2. The number of hydrogen-bond donors (Lipinski definition) is 3. The summed E-state index contributed by atoms with van der Waals surface area (Å²) in [6, 6.07) is 10.9. The van der Waals surface area contributed by atoms with Gasteiger partial charge in [-0.3, -0.25) is 10.1 Å². The van der Waals surface area contributed by atoms with Gasteiger partial charge in [0.05, 0.1) is 11.3 Å². The minimum absolute atomic E-state index is 0.0400. The number of amides is 1. The van der Waals surface area contributed by atoms with E-state index in [1.165, 1.54) is 18.2 Å². The predicted octanol–water partition coefficient (Wildman–Crippen LogP) is 3.93. The third-order valence-corrected chi connectivity index (χ3v) is 3.91. The summed E-state index contributed by atoms with van der Waals surface area (Å²) in [5, 5.41) is 14.8. The number of thiocarbonyl (C=S) groups is 1. The number of carboxylic acids is 1. The highest BCUT2D eigenvalue weighted by molar-refractivity contribution is 9.10. The van der Waals surface area contributed by atoms with Crippen molar-refractivity contribution in [1.29, 1.82) is 0 Å². The van der Waals surface area contributed by atoms with Gasteiger partial charge >= 0.3 is 5.97 Å². The molecule has 118 valence electrons. The van der Waals surface area contributed by atoms with Gasteiger partial charge in [0.15, 0.2) is 5.11 Å². The molecule has 0 spiro atoms. The summed E-state index contributed by atoms with van der Waals surface area (Å²) < 4.78 is 0.613. The van der Waals surface area contributed by atoms with Crippen LogP contribution >= 0.6 is 39.7 Å². The highest BCUT2D eigenvalue weighted by Gasteiger charge is 2.11. The van der Waals surface area contributed by atoms with Crippen LogP contribution in [-0.4, -0.2) is 22.1 Å². The van der Waals surface area contributed by atoms with E-state index >= 15 is 0 Å². The second kappa shape index (κ2) is 7.54. The molecule has 3 N–H and O–H groups in total. The molecule has 0 aliphatic heterocycles. The summed E-state index contributed by atoms with van der Waals surface area (Å²) in [6.45, 7) is 0. The topological polar surface area (TPSA) is 78.4 Å². The minimum atomic E-state index is -1.06. The Balaban J connectivity index is 2.09. The van der Waals surface area contributed by atoms with Crippen molar-refractivity contribution in [2.45, 2.75) is 0 Å². The largest absolute Gasteiger partial charge is 0.478 e. The Morgan fingerprint density at radius 2 is 1.87 bits per heavy atom. The van der Waals surface area contributed by atoms with Crippen LogP contribution in [0.4, 0.5) is 5.69 Å². The molecule has 1 amide bonds. The van der Waals surface area contributed by atoms with Crippen LogP contribution in [-0.2, 0) is 0 Å². The quantitative estimate of drug-likeness (QED) is 0.665. The minimum Gasteiger partial charge on any atom is -0.478 e. The molecule has 2 aromatic carbocycles. The Kier molecular flexibility index (Phi) is 5.70. The van der Waals surface area contributed by atoms with Crippen LogP contribution in [0.2, 0.25) is 5.02 Å². The van der Waals surface area contributed by atoms with Crippen molar-refractivity contribution in [1.82, 2.24) is 5.32 Å². The third kappa shape index (κ3) is 4.75. The van der Waals surface area contributed by atoms with Crippen LogP contribution < -0.4 is 10.6 Å². The lowest BCUT2D eigenvalue weighted by Gasteiger charge is -2.12. The molecule has 8 heteroatoms. The van der Waals surface area contributed by atoms with Gasteiger partial charge in [0.1, 0.15) is 0 Å². The lowest BCUT2D eigenvalue weighted by molar-refractivity contribution is 0.0696. The van der Waals surface area contributed by atoms with E-state index in [2.05, 4.69) is 26.6 Å². The van der Waals surface area contributed by atoms with Crippen LogP contribution in [0.5, 0.6) is 0 Å². The Hall–Kier alpha value is -1.96. The first-order valence-electron chi connectivity index (χ1n) is 6.27. The van der Waals surface area contributed by atoms with Gasteiger partial charge in [0.25, 0.3) is 5.91 Å². The van der Waals surface area contributed by atoms with Crippen LogP contribution in [0.25, 0.3) is 0 Å². The molecule has 0 unspecified atom stereocenters. The van der Waals surface area contributed by atoms with Crippen molar-refractivity contribution in [3.05, 3.63) is 63.1 Å². The summed E-state index contributed by atoms with van der Waals surface area (Å²) in [5.74, 6) is -1.48. The zero-order valence-electron chi connectivity index (χ0n) is 11.5. The van der Waals surface area contributed by atoms with Crippen molar-refractivity contribution >= 4 is 62.4 Å². The zero-order chi connectivity index (χ0) is 17.0. The van der Waals surface area contributed by atoms with E-state index in [4.69, 9.17) is 28.9 Å². The van der Waals surface area contributed by atoms with E-state index in [1.807, 2.05) is 0 Å². The maximum Gasteiger partial charge on any atom is 0.335 e. The Labute approximate surface area is 150 Å². The fraction of sp³-hybridized carbons (Fsp3) is 0. The highest BCUT2D eigenvalue weighted by Crippen LogP contribution is 2.23. The first kappa shape index (κ1) is 17.4. The van der Waals surface area contributed by atoms with Gasteiger partial charge in [0.2, 0.25) is 0 Å². The molecule has 23 heavy (non-hydrogen) atoms. The molecular formula is C15H10BrClN2O3S. The number of aromatic carboxylic acids is 1. The number of hydrogen-bond acceptors (Lipinski definition) is 3. The molecule has 0 aliphatic carbocycles. The molecule has 0 saturated carbocycles. The molecule has 0 fully saturated rings. The Morgan fingerprint density at radius 3 is 2.52 bits per heavy atom. The van der Waals surface area contributed by atoms with E-state index < -0.39 is 11.9 Å². The summed E-state index contributed by atoms with van der Waals surface area (Å²) in [5.41, 5.74) is 0.890. The molecule has 2 aromatic rings. The van der Waals surface area contributed by atoms with Crippen molar-refractivity contribution in [3.8, 4) is 0 Å². The summed E-state index contributed by atoms with van der Waals surface area (Å²) >= 11 is 14.2. The van der Waals surface area contributed by atoms with Gasteiger partial charge in [0, 0.05) is 15.1 Å². The number of benzene rings is 2. The standard InChI is InChI=1S/C15H10BrClN2O3S/c16-11-5-4-9(14(21)22)7-12(11)18-15(23)19-13(20)8-2-1-3-10(17)6-8/h1-7H,(H,21,22)(H2,18,19,20,23). The Morgan fingerprint density at radius 1 is 1.13 bits per heavy atom. The maximum atomic E-state index is 12.1. The van der Waals surface area contributed by atoms with Crippen molar-refractivity contribution < 1.29 is 14.7 Å². The first-order chi connectivity index (χ1) is 10.9. The molecule has 0 aromatic heterocycles. The number of rotatable bonds is 3. The predicted molar refractivity (Wildman–Crippen MR) is 96.2 cm³/mol. The van der Waals surface area contributed by atoms with E-state index in [1.54, 1.807) is 24.3 Å². The number of anilines is 1. The number of carboxylic acid groups (broad SMARTS) is 1. The SMILES string of the molecule is O=C(O)c1ccc(Br)c(NC(=S)NC(=O)c2cccc(Cl)c2)c1. The normalized spacial score (nSPS) is 10.0. The summed E-state index contributed by atoms with van der Waals surface area (Å²) in [7, 11) is 0. The van der Waals surface area contributed by atoms with E-state index in [0.29, 0.717) is 20.7 Å². The van der Waals surface area contributed by atoms with Crippen molar-refractivity contribution in [3.63, 3.8) is 0 Å². The number of carbonyl (C=O) groups excluding carboxylic acids is 1. The van der Waals surface area contributed by atoms with Gasteiger partial charge in [-0.25, -0.2) is 4.79 Å². The van der Waals surface area contributed by atoms with Crippen LogP contribution in [0.1, 0.15) is 20.7 Å². The van der Waals surface area contributed by atoms with E-state index in [9.17, 15) is 9.59 Å². The van der Waals surface area contributed by atoms with Gasteiger partial charge in [-0.05, 0) is 64.5 Å². The average molecular weight is 414 g/mol.